The van der Waals surface area contributed by atoms with E-state index >= 15 is 0 Å². The fourth-order valence-corrected chi connectivity index (χ4v) is 5.39. The number of carbonyl (C=O) groups is 3. The van der Waals surface area contributed by atoms with Crippen molar-refractivity contribution in [3.63, 3.8) is 0 Å². The van der Waals surface area contributed by atoms with Crippen LogP contribution >= 0.6 is 11.8 Å². The molecule has 0 aliphatic heterocycles. The van der Waals surface area contributed by atoms with Crippen molar-refractivity contribution in [1.29, 1.82) is 0 Å². The highest BCUT2D eigenvalue weighted by atomic mass is 32.2. The predicted octanol–water partition coefficient (Wildman–Crippen LogP) is 5.02. The van der Waals surface area contributed by atoms with Gasteiger partial charge in [-0.3, -0.25) is 25.0 Å². The molecule has 2 amide bonds. The third-order valence-electron chi connectivity index (χ3n) is 5.81. The molecule has 35 heavy (non-hydrogen) atoms. The Bertz CT molecular complexity index is 1260. The molecule has 2 aromatic carbocycles. The number of thioether (sulfide) groups is 1. The summed E-state index contributed by atoms with van der Waals surface area (Å²) in [7, 11) is 0. The van der Waals surface area contributed by atoms with Crippen LogP contribution in [0.4, 0.5) is 5.69 Å². The summed E-state index contributed by atoms with van der Waals surface area (Å²) >= 11 is 1.80. The van der Waals surface area contributed by atoms with Gasteiger partial charge in [0.25, 0.3) is 17.5 Å². The molecule has 0 spiro atoms. The number of amides is 2. The minimum absolute atomic E-state index is 0.0484. The lowest BCUT2D eigenvalue weighted by Gasteiger charge is -2.20. The molecule has 0 atom stereocenters. The highest BCUT2D eigenvalue weighted by Gasteiger charge is 2.24. The molecule has 1 N–H and O–H groups in total. The highest BCUT2D eigenvalue weighted by Crippen LogP contribution is 2.35. The zero-order chi connectivity index (χ0) is 24.8. The Morgan fingerprint density at radius 2 is 1.86 bits per heavy atom. The smallest absolute Gasteiger partial charge is 0.375 e. The van der Waals surface area contributed by atoms with Gasteiger partial charge in [-0.1, -0.05) is 43.5 Å². The first kappa shape index (κ1) is 24.5. The second kappa shape index (κ2) is 11.2. The predicted molar refractivity (Wildman–Crippen MR) is 130 cm³/mol. The average molecular weight is 497 g/mol. The van der Waals surface area contributed by atoms with E-state index in [0.717, 1.165) is 29.9 Å². The van der Waals surface area contributed by atoms with Crippen molar-refractivity contribution in [1.82, 2.24) is 5.32 Å². The number of para-hydroxylation sites is 1. The van der Waals surface area contributed by atoms with E-state index in [-0.39, 0.29) is 17.0 Å². The number of rotatable bonds is 8. The summed E-state index contributed by atoms with van der Waals surface area (Å²) in [6, 6.07) is 12.3. The van der Waals surface area contributed by atoms with Crippen LogP contribution in [0.3, 0.4) is 0 Å². The molecule has 1 aromatic heterocycles. The summed E-state index contributed by atoms with van der Waals surface area (Å²) in [5.74, 6) is -1.85. The maximum absolute atomic E-state index is 12.8. The third-order valence-corrected chi connectivity index (χ3v) is 7.20. The van der Waals surface area contributed by atoms with E-state index in [9.17, 15) is 24.5 Å². The minimum atomic E-state index is -0.857. The number of nitro benzene ring substituents is 1. The lowest BCUT2D eigenvalue weighted by Crippen LogP contribution is -2.34. The van der Waals surface area contributed by atoms with Crippen LogP contribution in [0, 0.1) is 10.1 Å². The van der Waals surface area contributed by atoms with Gasteiger partial charge in [-0.2, -0.15) is 11.8 Å². The first-order valence-corrected chi connectivity index (χ1v) is 12.3. The number of carbonyl (C=O) groups excluding carboxylic acids is 3. The SMILES string of the molecule is O=C(COC(=O)c1oc2ccccc2c1CSC1CCCCC1)NC(=O)c1cccc([N+](=O)[O-])c1. The monoisotopic (exact) mass is 496 g/mol. The number of non-ortho nitro benzene ring substituents is 1. The Labute approximate surface area is 205 Å². The molecule has 9 nitrogen and oxygen atoms in total. The molecule has 1 heterocycles. The number of esters is 1. The van der Waals surface area contributed by atoms with Gasteiger partial charge < -0.3 is 9.15 Å². The van der Waals surface area contributed by atoms with E-state index in [1.54, 1.807) is 17.8 Å². The van der Waals surface area contributed by atoms with Gasteiger partial charge in [-0.05, 0) is 25.0 Å². The lowest BCUT2D eigenvalue weighted by atomic mass is 10.0. The van der Waals surface area contributed by atoms with Crippen LogP contribution in [0.15, 0.2) is 52.9 Å². The number of fused-ring (bicyclic) bond motifs is 1. The van der Waals surface area contributed by atoms with Crippen molar-refractivity contribution in [2.24, 2.45) is 0 Å². The van der Waals surface area contributed by atoms with Crippen molar-refractivity contribution in [2.45, 2.75) is 43.1 Å². The van der Waals surface area contributed by atoms with Crippen molar-refractivity contribution in [3.8, 4) is 0 Å². The van der Waals surface area contributed by atoms with Gasteiger partial charge in [-0.25, -0.2) is 4.79 Å². The first-order valence-electron chi connectivity index (χ1n) is 11.3. The van der Waals surface area contributed by atoms with Gasteiger partial charge in [0.1, 0.15) is 5.58 Å². The normalized spacial score (nSPS) is 13.9. The quantitative estimate of drug-likeness (QED) is 0.261. The van der Waals surface area contributed by atoms with Crippen LogP contribution < -0.4 is 5.32 Å². The average Bonchev–Trinajstić information content (AvgIpc) is 3.25. The molecule has 1 fully saturated rings. The van der Waals surface area contributed by atoms with Crippen molar-refractivity contribution in [3.05, 3.63) is 75.5 Å². The fourth-order valence-electron chi connectivity index (χ4n) is 4.03. The molecule has 1 saturated carbocycles. The Kier molecular flexibility index (Phi) is 7.81. The molecule has 0 unspecified atom stereocenters. The zero-order valence-electron chi connectivity index (χ0n) is 18.9. The van der Waals surface area contributed by atoms with Crippen LogP contribution in [-0.2, 0) is 15.3 Å². The second-order valence-corrected chi connectivity index (χ2v) is 9.53. The summed E-state index contributed by atoms with van der Waals surface area (Å²) in [6.45, 7) is -0.703. The largest absolute Gasteiger partial charge is 0.450 e. The molecule has 4 rings (SSSR count). The van der Waals surface area contributed by atoms with Crippen LogP contribution in [0.25, 0.3) is 11.0 Å². The van der Waals surface area contributed by atoms with Gasteiger partial charge >= 0.3 is 5.97 Å². The van der Waals surface area contributed by atoms with Crippen LogP contribution in [0.2, 0.25) is 0 Å². The van der Waals surface area contributed by atoms with E-state index in [1.165, 1.54) is 37.5 Å². The highest BCUT2D eigenvalue weighted by molar-refractivity contribution is 7.99. The zero-order valence-corrected chi connectivity index (χ0v) is 19.7. The number of hydrogen-bond acceptors (Lipinski definition) is 8. The Balaban J connectivity index is 1.40. The van der Waals surface area contributed by atoms with Gasteiger partial charge in [0.2, 0.25) is 5.76 Å². The number of ether oxygens (including phenoxy) is 1. The number of nitrogens with zero attached hydrogens (tertiary/aromatic N) is 1. The number of benzene rings is 2. The molecule has 1 aliphatic carbocycles. The van der Waals surface area contributed by atoms with Gasteiger partial charge in [0.15, 0.2) is 6.61 Å². The molecule has 0 saturated heterocycles. The van der Waals surface area contributed by atoms with E-state index < -0.39 is 29.3 Å². The Hall–Kier alpha value is -3.66. The second-order valence-electron chi connectivity index (χ2n) is 8.24. The molecule has 0 bridgehead atoms. The Morgan fingerprint density at radius 1 is 1.09 bits per heavy atom. The van der Waals surface area contributed by atoms with Crippen molar-refractivity contribution < 1.29 is 28.5 Å². The van der Waals surface area contributed by atoms with E-state index in [1.807, 2.05) is 18.2 Å². The molecular weight excluding hydrogens is 472 g/mol. The molecule has 1 aliphatic rings. The molecule has 10 heteroatoms. The van der Waals surface area contributed by atoms with Gasteiger partial charge in [0, 0.05) is 39.6 Å². The first-order chi connectivity index (χ1) is 16.9. The number of imide groups is 1. The van der Waals surface area contributed by atoms with E-state index in [2.05, 4.69) is 5.32 Å². The van der Waals surface area contributed by atoms with E-state index in [0.29, 0.717) is 16.6 Å². The number of furan rings is 1. The number of nitrogens with one attached hydrogen (secondary N) is 1. The van der Waals surface area contributed by atoms with Crippen molar-refractivity contribution in [2.75, 3.05) is 6.61 Å². The van der Waals surface area contributed by atoms with E-state index in [4.69, 9.17) is 9.15 Å². The minimum Gasteiger partial charge on any atom is -0.450 e. The number of hydrogen-bond donors (Lipinski definition) is 1. The van der Waals surface area contributed by atoms with Crippen molar-refractivity contribution >= 4 is 46.2 Å². The molecule has 0 radical (unpaired) electrons. The fraction of sp³-hybridized carbons (Fsp3) is 0.320. The maximum atomic E-state index is 12.8. The topological polar surface area (TPSA) is 129 Å². The van der Waals surface area contributed by atoms with Crippen LogP contribution in [0.5, 0.6) is 0 Å². The number of nitro groups is 1. The third kappa shape index (κ3) is 6.07. The molecule has 182 valence electrons. The summed E-state index contributed by atoms with van der Waals surface area (Å²) in [6.07, 6.45) is 5.98. The van der Waals surface area contributed by atoms with Crippen LogP contribution in [-0.4, -0.2) is 34.6 Å². The summed E-state index contributed by atoms with van der Waals surface area (Å²) in [5, 5.41) is 14.3. The van der Waals surface area contributed by atoms with Gasteiger partial charge in [0.05, 0.1) is 4.92 Å². The van der Waals surface area contributed by atoms with Gasteiger partial charge in [-0.15, -0.1) is 0 Å². The lowest BCUT2D eigenvalue weighted by molar-refractivity contribution is -0.384. The summed E-state index contributed by atoms with van der Waals surface area (Å²) in [5.41, 5.74) is 0.955. The summed E-state index contributed by atoms with van der Waals surface area (Å²) in [4.78, 5) is 47.5. The summed E-state index contributed by atoms with van der Waals surface area (Å²) < 4.78 is 10.9. The Morgan fingerprint density at radius 3 is 2.63 bits per heavy atom. The van der Waals surface area contributed by atoms with Crippen LogP contribution in [0.1, 0.15) is 58.6 Å². The molecule has 3 aromatic rings. The molecular formula is C25H24N2O7S. The standard InChI is InChI=1S/C25H24N2O7S/c28-22(26-24(29)16-7-6-8-17(13-16)27(31)32)14-33-25(30)23-20(15-35-18-9-2-1-3-10-18)19-11-4-5-12-21(19)34-23/h4-8,11-13,18H,1-3,9-10,14-15H2,(H,26,28,29). The maximum Gasteiger partial charge on any atom is 0.375 e.